The number of nitrogens with one attached hydrogen (secondary N) is 2. The van der Waals surface area contributed by atoms with Gasteiger partial charge in [-0.2, -0.15) is 0 Å². The normalized spacial score (nSPS) is 10.6. The van der Waals surface area contributed by atoms with Crippen LogP contribution >= 0.6 is 24.0 Å². The van der Waals surface area contributed by atoms with Crippen molar-refractivity contribution in [3.8, 4) is 0 Å². The Morgan fingerprint density at radius 3 is 2.86 bits per heavy atom. The van der Waals surface area contributed by atoms with E-state index < -0.39 is 0 Å². The van der Waals surface area contributed by atoms with E-state index in [1.54, 1.807) is 19.4 Å². The number of rotatable bonds is 8. The number of anilines is 1. The molecule has 1 heterocycles. The van der Waals surface area contributed by atoms with Gasteiger partial charge in [0.25, 0.3) is 0 Å². The summed E-state index contributed by atoms with van der Waals surface area (Å²) in [7, 11) is 5.63. The van der Waals surface area contributed by atoms with Gasteiger partial charge in [-0.15, -0.1) is 30.6 Å². The van der Waals surface area contributed by atoms with Crippen molar-refractivity contribution in [2.45, 2.75) is 6.54 Å². The van der Waals surface area contributed by atoms with E-state index in [2.05, 4.69) is 27.2 Å². The maximum Gasteiger partial charge on any atom is 0.191 e. The summed E-state index contributed by atoms with van der Waals surface area (Å²) in [6.45, 7) is 6.24. The fourth-order valence-corrected chi connectivity index (χ4v) is 1.74. The molecule has 0 fully saturated rings. The molecule has 0 aliphatic carbocycles. The summed E-state index contributed by atoms with van der Waals surface area (Å²) in [6.07, 6.45) is 3.58. The van der Waals surface area contributed by atoms with Crippen molar-refractivity contribution < 1.29 is 4.74 Å². The summed E-state index contributed by atoms with van der Waals surface area (Å²) < 4.78 is 5.03. The van der Waals surface area contributed by atoms with Crippen LogP contribution in [0.15, 0.2) is 36.0 Å². The number of nitrogens with zero attached hydrogens (tertiary/aromatic N) is 3. The number of guanidine groups is 1. The smallest absolute Gasteiger partial charge is 0.191 e. The van der Waals surface area contributed by atoms with Crippen molar-refractivity contribution >= 4 is 35.8 Å². The summed E-state index contributed by atoms with van der Waals surface area (Å²) >= 11 is 0. The monoisotopic (exact) mass is 419 g/mol. The van der Waals surface area contributed by atoms with Crippen molar-refractivity contribution in [3.63, 3.8) is 0 Å². The molecule has 0 radical (unpaired) electrons. The minimum atomic E-state index is 0. The van der Waals surface area contributed by atoms with Crippen LogP contribution in [0.2, 0.25) is 0 Å². The number of aliphatic imine (C=N–C) groups is 1. The Morgan fingerprint density at radius 2 is 2.23 bits per heavy atom. The maximum atomic E-state index is 5.03. The molecule has 1 aromatic rings. The third-order valence-electron chi connectivity index (χ3n) is 2.71. The summed E-state index contributed by atoms with van der Waals surface area (Å²) in [5.74, 6) is 1.67. The van der Waals surface area contributed by atoms with Crippen LogP contribution in [0, 0.1) is 0 Å². The van der Waals surface area contributed by atoms with Crippen molar-refractivity contribution in [2.24, 2.45) is 4.99 Å². The highest BCUT2D eigenvalue weighted by Crippen LogP contribution is 2.15. The molecule has 124 valence electrons. The zero-order valence-electron chi connectivity index (χ0n) is 13.5. The standard InChI is InChI=1S/C15H25N5O.HI/c1-5-8-17-15(18-10-11-21-4)19-12-13-7-6-9-16-14(13)20(2)3;/h5-7,9H,1,8,10-12H2,2-4H3,(H2,17,18,19);1H. The molecule has 22 heavy (non-hydrogen) atoms. The third-order valence-corrected chi connectivity index (χ3v) is 2.71. The Kier molecular flexibility index (Phi) is 11.5. The molecule has 7 heteroatoms. The Bertz CT molecular complexity index is 465. The molecule has 6 nitrogen and oxygen atoms in total. The van der Waals surface area contributed by atoms with Crippen molar-refractivity contribution in [2.75, 3.05) is 45.8 Å². The Balaban J connectivity index is 0.00000441. The van der Waals surface area contributed by atoms with E-state index in [1.807, 2.05) is 31.1 Å². The summed E-state index contributed by atoms with van der Waals surface area (Å²) in [6, 6.07) is 3.96. The lowest BCUT2D eigenvalue weighted by atomic mass is 10.2. The van der Waals surface area contributed by atoms with Gasteiger partial charge >= 0.3 is 0 Å². The van der Waals surface area contributed by atoms with Crippen LogP contribution < -0.4 is 15.5 Å². The predicted molar refractivity (Wildman–Crippen MR) is 103 cm³/mol. The van der Waals surface area contributed by atoms with Gasteiger partial charge in [0.15, 0.2) is 5.96 Å². The van der Waals surface area contributed by atoms with Gasteiger partial charge in [0.1, 0.15) is 5.82 Å². The Hall–Kier alpha value is -1.35. The molecule has 0 unspecified atom stereocenters. The fraction of sp³-hybridized carbons (Fsp3) is 0.467. The van der Waals surface area contributed by atoms with E-state index in [0.29, 0.717) is 26.2 Å². The SMILES string of the molecule is C=CCNC(=NCc1cccnc1N(C)C)NCCOC.I. The van der Waals surface area contributed by atoms with Gasteiger partial charge < -0.3 is 20.3 Å². The third kappa shape index (κ3) is 7.60. The molecule has 0 bridgehead atoms. The zero-order valence-corrected chi connectivity index (χ0v) is 15.8. The molecule has 0 saturated carbocycles. The van der Waals surface area contributed by atoms with E-state index in [1.165, 1.54) is 0 Å². The molecular weight excluding hydrogens is 393 g/mol. The largest absolute Gasteiger partial charge is 0.383 e. The maximum absolute atomic E-state index is 5.03. The molecule has 0 aliphatic heterocycles. The molecule has 0 amide bonds. The van der Waals surface area contributed by atoms with Gasteiger partial charge in [-0.05, 0) is 6.07 Å². The predicted octanol–water partition coefficient (Wildman–Crippen LogP) is 1.63. The average Bonchev–Trinajstić information content (AvgIpc) is 2.49. The van der Waals surface area contributed by atoms with E-state index in [-0.39, 0.29) is 24.0 Å². The van der Waals surface area contributed by atoms with E-state index in [0.717, 1.165) is 17.3 Å². The van der Waals surface area contributed by atoms with E-state index in [4.69, 9.17) is 4.74 Å². The molecule has 1 aromatic heterocycles. The van der Waals surface area contributed by atoms with Gasteiger partial charge in [0.05, 0.1) is 13.2 Å². The minimum Gasteiger partial charge on any atom is -0.383 e. The Labute approximate surface area is 150 Å². The summed E-state index contributed by atoms with van der Waals surface area (Å²) in [5.41, 5.74) is 1.08. The van der Waals surface area contributed by atoms with Gasteiger partial charge in [0, 0.05) is 46.1 Å². The van der Waals surface area contributed by atoms with Crippen molar-refractivity contribution in [1.29, 1.82) is 0 Å². The number of halogens is 1. The number of ether oxygens (including phenoxy) is 1. The highest BCUT2D eigenvalue weighted by Gasteiger charge is 2.05. The van der Waals surface area contributed by atoms with E-state index >= 15 is 0 Å². The lowest BCUT2D eigenvalue weighted by Crippen LogP contribution is -2.39. The second kappa shape index (κ2) is 12.2. The van der Waals surface area contributed by atoms with Crippen LogP contribution in [0.1, 0.15) is 5.56 Å². The van der Waals surface area contributed by atoms with Gasteiger partial charge in [0.2, 0.25) is 0 Å². The number of methoxy groups -OCH3 is 1. The van der Waals surface area contributed by atoms with Crippen LogP contribution in [-0.2, 0) is 11.3 Å². The fourth-order valence-electron chi connectivity index (χ4n) is 1.74. The number of pyridine rings is 1. The summed E-state index contributed by atoms with van der Waals surface area (Å²) in [4.78, 5) is 10.9. The van der Waals surface area contributed by atoms with Crippen molar-refractivity contribution in [1.82, 2.24) is 15.6 Å². The molecule has 0 spiro atoms. The molecule has 2 N–H and O–H groups in total. The lowest BCUT2D eigenvalue weighted by molar-refractivity contribution is 0.203. The molecule has 0 aliphatic rings. The first kappa shape index (κ1) is 20.6. The minimum absolute atomic E-state index is 0. The molecule has 0 aromatic carbocycles. The first-order chi connectivity index (χ1) is 10.2. The van der Waals surface area contributed by atoms with Crippen LogP contribution in [-0.4, -0.2) is 51.8 Å². The second-order valence-corrected chi connectivity index (χ2v) is 4.63. The van der Waals surface area contributed by atoms with Gasteiger partial charge in [-0.3, -0.25) is 0 Å². The molecule has 1 rings (SSSR count). The van der Waals surface area contributed by atoms with Crippen LogP contribution in [0.3, 0.4) is 0 Å². The Morgan fingerprint density at radius 1 is 1.45 bits per heavy atom. The van der Waals surface area contributed by atoms with E-state index in [9.17, 15) is 0 Å². The topological polar surface area (TPSA) is 61.8 Å². The molecule has 0 saturated heterocycles. The first-order valence-corrected chi connectivity index (χ1v) is 6.92. The molecule has 0 atom stereocenters. The average molecular weight is 419 g/mol. The number of aromatic nitrogens is 1. The van der Waals surface area contributed by atoms with Gasteiger partial charge in [-0.25, -0.2) is 9.98 Å². The van der Waals surface area contributed by atoms with Gasteiger partial charge in [-0.1, -0.05) is 12.1 Å². The molecular formula is C15H26IN5O. The van der Waals surface area contributed by atoms with Crippen molar-refractivity contribution in [3.05, 3.63) is 36.5 Å². The quantitative estimate of drug-likeness (QED) is 0.221. The second-order valence-electron chi connectivity index (χ2n) is 4.63. The highest BCUT2D eigenvalue weighted by atomic mass is 127. The number of hydrogen-bond donors (Lipinski definition) is 2. The van der Waals surface area contributed by atoms with Crippen LogP contribution in [0.5, 0.6) is 0 Å². The van der Waals surface area contributed by atoms with Crippen LogP contribution in [0.25, 0.3) is 0 Å². The summed E-state index contributed by atoms with van der Waals surface area (Å²) in [5, 5.41) is 6.39. The highest BCUT2D eigenvalue weighted by molar-refractivity contribution is 14.0. The zero-order chi connectivity index (χ0) is 15.5. The number of hydrogen-bond acceptors (Lipinski definition) is 4. The lowest BCUT2D eigenvalue weighted by Gasteiger charge is -2.15. The van der Waals surface area contributed by atoms with Crippen LogP contribution in [0.4, 0.5) is 5.82 Å². The first-order valence-electron chi connectivity index (χ1n) is 6.92.